The summed E-state index contributed by atoms with van der Waals surface area (Å²) in [6, 6.07) is 8.54. The van der Waals surface area contributed by atoms with Gasteiger partial charge in [-0.1, -0.05) is 6.07 Å². The van der Waals surface area contributed by atoms with Crippen LogP contribution < -0.4 is 10.1 Å². The molecule has 2 N–H and O–H groups in total. The van der Waals surface area contributed by atoms with Crippen molar-refractivity contribution in [2.45, 2.75) is 25.8 Å². The number of carbonyl (C=O) groups is 3. The molecule has 1 aliphatic rings. The number of amides is 2. The van der Waals surface area contributed by atoms with Gasteiger partial charge in [0.25, 0.3) is 0 Å². The Morgan fingerprint density at radius 1 is 1.22 bits per heavy atom. The first kappa shape index (κ1) is 18.9. The smallest absolute Gasteiger partial charge is 0.341 e. The van der Waals surface area contributed by atoms with Crippen LogP contribution in [0.2, 0.25) is 0 Å². The lowest BCUT2D eigenvalue weighted by atomic mass is 10.1. The van der Waals surface area contributed by atoms with Crippen molar-refractivity contribution in [2.75, 3.05) is 18.5 Å². The number of nitrogens with zero attached hydrogens (tertiary/aromatic N) is 1. The largest absolute Gasteiger partial charge is 0.482 e. The number of benzene rings is 1. The highest BCUT2D eigenvalue weighted by molar-refractivity contribution is 7.10. The third kappa shape index (κ3) is 5.30. The Bertz CT molecular complexity index is 848. The molecule has 1 aromatic carbocycles. The molecule has 3 rings (SSSR count). The molecule has 7 nitrogen and oxygen atoms in total. The fourth-order valence-electron chi connectivity index (χ4n) is 2.87. The van der Waals surface area contributed by atoms with Crippen LogP contribution in [-0.2, 0) is 27.3 Å². The van der Waals surface area contributed by atoms with Gasteiger partial charge in [0.2, 0.25) is 11.8 Å². The number of rotatable bonds is 7. The average molecular weight is 388 g/mol. The zero-order chi connectivity index (χ0) is 19.2. The molecule has 8 heteroatoms. The summed E-state index contributed by atoms with van der Waals surface area (Å²) in [7, 11) is 0. The lowest BCUT2D eigenvalue weighted by molar-refractivity contribution is -0.139. The van der Waals surface area contributed by atoms with E-state index in [1.54, 1.807) is 40.5 Å². The highest BCUT2D eigenvalue weighted by Crippen LogP contribution is 2.24. The molecule has 0 bridgehead atoms. The van der Waals surface area contributed by atoms with Gasteiger partial charge in [-0.05, 0) is 35.6 Å². The van der Waals surface area contributed by atoms with Crippen LogP contribution in [0.25, 0.3) is 0 Å². The van der Waals surface area contributed by atoms with Crippen LogP contribution in [0.3, 0.4) is 0 Å². The van der Waals surface area contributed by atoms with Gasteiger partial charge in [0.1, 0.15) is 5.75 Å². The maximum atomic E-state index is 12.4. The van der Waals surface area contributed by atoms with Gasteiger partial charge in [-0.3, -0.25) is 9.59 Å². The molecule has 142 valence electrons. The van der Waals surface area contributed by atoms with Crippen LogP contribution in [-0.4, -0.2) is 40.9 Å². The molecule has 0 spiro atoms. The minimum atomic E-state index is -1.07. The van der Waals surface area contributed by atoms with Crippen molar-refractivity contribution in [3.8, 4) is 5.75 Å². The Labute approximate surface area is 160 Å². The number of carboxylic acid groups (broad SMARTS) is 1. The monoisotopic (exact) mass is 388 g/mol. The van der Waals surface area contributed by atoms with Crippen molar-refractivity contribution < 1.29 is 24.2 Å². The van der Waals surface area contributed by atoms with E-state index in [9.17, 15) is 14.4 Å². The molecule has 27 heavy (non-hydrogen) atoms. The van der Waals surface area contributed by atoms with E-state index in [-0.39, 0.29) is 24.7 Å². The zero-order valence-electron chi connectivity index (χ0n) is 14.6. The topological polar surface area (TPSA) is 95.9 Å². The molecule has 0 unspecified atom stereocenters. The Kier molecular flexibility index (Phi) is 6.08. The molecule has 1 aliphatic heterocycles. The van der Waals surface area contributed by atoms with E-state index in [2.05, 4.69) is 5.32 Å². The number of nitrogens with one attached hydrogen (secondary N) is 1. The van der Waals surface area contributed by atoms with Gasteiger partial charge in [0.05, 0.1) is 0 Å². The molecule has 0 atom stereocenters. The fourth-order valence-corrected chi connectivity index (χ4v) is 3.76. The average Bonchev–Trinajstić information content (AvgIpc) is 3.12. The summed E-state index contributed by atoms with van der Waals surface area (Å²) in [4.78, 5) is 38.1. The Morgan fingerprint density at radius 3 is 2.89 bits per heavy atom. The van der Waals surface area contributed by atoms with E-state index in [0.29, 0.717) is 24.5 Å². The van der Waals surface area contributed by atoms with Crippen LogP contribution in [0.15, 0.2) is 35.7 Å². The predicted molar refractivity (Wildman–Crippen MR) is 101 cm³/mol. The molecule has 2 amide bonds. The molecular weight excluding hydrogens is 368 g/mol. The number of ether oxygens (including phenoxy) is 1. The molecule has 2 aromatic rings. The summed E-state index contributed by atoms with van der Waals surface area (Å²) in [6.45, 7) is 0.854. The van der Waals surface area contributed by atoms with E-state index in [0.717, 1.165) is 6.42 Å². The van der Waals surface area contributed by atoms with E-state index >= 15 is 0 Å². The van der Waals surface area contributed by atoms with Crippen LogP contribution >= 0.6 is 11.3 Å². The second kappa shape index (κ2) is 8.68. The van der Waals surface area contributed by atoms with Crippen molar-refractivity contribution in [3.63, 3.8) is 0 Å². The van der Waals surface area contributed by atoms with Crippen molar-refractivity contribution in [1.82, 2.24) is 4.90 Å². The maximum Gasteiger partial charge on any atom is 0.341 e. The minimum absolute atomic E-state index is 0.0273. The Morgan fingerprint density at radius 2 is 2.07 bits per heavy atom. The summed E-state index contributed by atoms with van der Waals surface area (Å²) in [5.74, 6) is -1.02. The summed E-state index contributed by atoms with van der Waals surface area (Å²) in [6.07, 6.45) is 1.11. The predicted octanol–water partition coefficient (Wildman–Crippen LogP) is 2.52. The summed E-state index contributed by atoms with van der Waals surface area (Å²) in [5.41, 5.74) is 1.69. The molecule has 2 heterocycles. The molecule has 0 saturated heterocycles. The van der Waals surface area contributed by atoms with Crippen LogP contribution in [0.5, 0.6) is 5.75 Å². The highest BCUT2D eigenvalue weighted by Gasteiger charge is 2.21. The lowest BCUT2D eigenvalue weighted by Crippen LogP contribution is -2.35. The van der Waals surface area contributed by atoms with Crippen molar-refractivity contribution in [2.24, 2.45) is 0 Å². The zero-order valence-corrected chi connectivity index (χ0v) is 15.5. The molecule has 0 aliphatic carbocycles. The van der Waals surface area contributed by atoms with Gasteiger partial charge < -0.3 is 20.1 Å². The maximum absolute atomic E-state index is 12.4. The first-order valence-corrected chi connectivity index (χ1v) is 9.47. The number of hydrogen-bond acceptors (Lipinski definition) is 5. The number of fused-ring (bicyclic) bond motifs is 1. The minimum Gasteiger partial charge on any atom is -0.482 e. The Balaban J connectivity index is 1.46. The third-order valence-electron chi connectivity index (χ3n) is 4.21. The van der Waals surface area contributed by atoms with Gasteiger partial charge in [-0.25, -0.2) is 4.79 Å². The van der Waals surface area contributed by atoms with Crippen LogP contribution in [0, 0.1) is 0 Å². The number of carbonyl (C=O) groups excluding carboxylic acids is 2. The second-order valence-corrected chi connectivity index (χ2v) is 7.19. The molecule has 1 aromatic heterocycles. The van der Waals surface area contributed by atoms with Crippen molar-refractivity contribution in [3.05, 3.63) is 46.2 Å². The first-order chi connectivity index (χ1) is 13.0. The normalized spacial score (nSPS) is 13.0. The second-order valence-electron chi connectivity index (χ2n) is 6.19. The van der Waals surface area contributed by atoms with Crippen LogP contribution in [0.1, 0.15) is 23.3 Å². The number of thiophene rings is 1. The standard InChI is InChI=1S/C19H20N2O5S/c22-17(20-14-2-1-3-15(10-14)26-12-19(24)25)4-5-18(23)21-8-6-16-13(11-21)7-9-27-16/h1-3,7,9-10H,4-6,8,11-12H2,(H,20,22)(H,24,25). The summed E-state index contributed by atoms with van der Waals surface area (Å²) >= 11 is 1.72. The van der Waals surface area contributed by atoms with E-state index in [4.69, 9.17) is 9.84 Å². The van der Waals surface area contributed by atoms with Crippen molar-refractivity contribution >= 4 is 34.8 Å². The Hall–Kier alpha value is -2.87. The number of anilines is 1. The van der Waals surface area contributed by atoms with Gasteiger partial charge in [-0.15, -0.1) is 11.3 Å². The number of aliphatic carboxylic acids is 1. The molecule has 0 fully saturated rings. The first-order valence-electron chi connectivity index (χ1n) is 8.59. The molecular formula is C19H20N2O5S. The van der Waals surface area contributed by atoms with Gasteiger partial charge in [-0.2, -0.15) is 0 Å². The summed E-state index contributed by atoms with van der Waals surface area (Å²) < 4.78 is 5.08. The lowest BCUT2D eigenvalue weighted by Gasteiger charge is -2.27. The molecule has 0 saturated carbocycles. The van der Waals surface area contributed by atoms with Gasteiger partial charge >= 0.3 is 5.97 Å². The quantitative estimate of drug-likeness (QED) is 0.760. The molecule has 0 radical (unpaired) electrons. The van der Waals surface area contributed by atoms with E-state index in [1.165, 1.54) is 10.4 Å². The van der Waals surface area contributed by atoms with E-state index in [1.807, 2.05) is 11.4 Å². The third-order valence-corrected chi connectivity index (χ3v) is 5.23. The number of carboxylic acids is 1. The fraction of sp³-hybridized carbons (Fsp3) is 0.316. The van der Waals surface area contributed by atoms with Gasteiger partial charge in [0, 0.05) is 42.6 Å². The van der Waals surface area contributed by atoms with E-state index < -0.39 is 12.6 Å². The highest BCUT2D eigenvalue weighted by atomic mass is 32.1. The van der Waals surface area contributed by atoms with Gasteiger partial charge in [0.15, 0.2) is 6.61 Å². The SMILES string of the molecule is O=C(O)COc1cccc(NC(=O)CCC(=O)N2CCc3sccc3C2)c1. The van der Waals surface area contributed by atoms with Crippen molar-refractivity contribution in [1.29, 1.82) is 0 Å². The summed E-state index contributed by atoms with van der Waals surface area (Å²) in [5, 5.41) is 13.4. The van der Waals surface area contributed by atoms with Crippen LogP contribution in [0.4, 0.5) is 5.69 Å². The number of hydrogen-bond donors (Lipinski definition) is 2.